The smallest absolute Gasteiger partial charge is 0.252 e. The first-order chi connectivity index (χ1) is 55.5. The van der Waals surface area contributed by atoms with Gasteiger partial charge in [-0.1, -0.05) is 382 Å². The SMILES string of the molecule is CC(C)(C)c1ccc(-c2cccc(-c3ccc(C(C)(C)C)cc3)c2N2c3cc(-c4cc(C(C)(C)C)cc(C(C)(C)C)c4)ccc3B3c4ccc(-n5c6ccccc6c6ccc7c8ccccc8n(-c8ccccc8)c7c65)cc4N(c4c(-c5ccc(C(C)(C)C)cc5)cccc4-c4ccc(C(C)(C)C)cc4)c4cc(C(C)(C)C)cc2c43)cc1. The molecule has 4 nitrogen and oxygen atoms in total. The van der Waals surface area contributed by atoms with Gasteiger partial charge < -0.3 is 18.9 Å². The minimum atomic E-state index is -0.354. The van der Waals surface area contributed by atoms with E-state index in [0.717, 1.165) is 78.7 Å². The van der Waals surface area contributed by atoms with Gasteiger partial charge in [-0.05, 0) is 181 Å². The van der Waals surface area contributed by atoms with Crippen molar-refractivity contribution in [2.45, 2.75) is 183 Å². The highest BCUT2D eigenvalue weighted by Gasteiger charge is 2.47. The van der Waals surface area contributed by atoms with Crippen molar-refractivity contribution in [3.05, 3.63) is 330 Å². The van der Waals surface area contributed by atoms with Gasteiger partial charge in [-0.25, -0.2) is 0 Å². The number of para-hydroxylation sites is 5. The maximum absolute atomic E-state index is 2.76. The van der Waals surface area contributed by atoms with Crippen LogP contribution in [0.15, 0.2) is 291 Å². The van der Waals surface area contributed by atoms with Crippen LogP contribution >= 0.6 is 0 Å². The van der Waals surface area contributed by atoms with Crippen LogP contribution in [0.1, 0.15) is 184 Å². The molecule has 582 valence electrons. The van der Waals surface area contributed by atoms with Crippen LogP contribution in [0.4, 0.5) is 34.1 Å². The Morgan fingerprint density at radius 1 is 0.214 bits per heavy atom. The Bertz CT molecular complexity index is 6430. The van der Waals surface area contributed by atoms with E-state index in [1.807, 2.05) is 0 Å². The molecule has 0 amide bonds. The fourth-order valence-corrected chi connectivity index (χ4v) is 18.6. The van der Waals surface area contributed by atoms with Crippen LogP contribution in [0.2, 0.25) is 0 Å². The average Bonchev–Trinajstić information content (AvgIpc) is 1.44. The topological polar surface area (TPSA) is 16.3 Å². The van der Waals surface area contributed by atoms with Gasteiger partial charge in [-0.15, -0.1) is 0 Å². The number of aromatic nitrogens is 2. The summed E-state index contributed by atoms with van der Waals surface area (Å²) in [6, 6.07) is 114. The van der Waals surface area contributed by atoms with E-state index in [0.29, 0.717) is 0 Å². The molecule has 0 saturated heterocycles. The van der Waals surface area contributed by atoms with Gasteiger partial charge in [-0.3, -0.25) is 0 Å². The summed E-state index contributed by atoms with van der Waals surface area (Å²) in [4.78, 5) is 5.53. The summed E-state index contributed by atoms with van der Waals surface area (Å²) in [6.07, 6.45) is 0. The number of hydrogen-bond donors (Lipinski definition) is 0. The molecule has 5 heteroatoms. The first-order valence-corrected chi connectivity index (χ1v) is 42.4. The van der Waals surface area contributed by atoms with Crippen molar-refractivity contribution >= 4 is 101 Å². The molecule has 0 saturated carbocycles. The molecule has 0 atom stereocenters. The van der Waals surface area contributed by atoms with E-state index in [2.05, 4.69) is 456 Å². The number of benzene rings is 14. The van der Waals surface area contributed by atoms with Crippen molar-refractivity contribution in [3.8, 4) is 67.0 Å². The van der Waals surface area contributed by atoms with Gasteiger partial charge in [0, 0.05) is 77.9 Å². The van der Waals surface area contributed by atoms with E-state index in [1.54, 1.807) is 0 Å². The second kappa shape index (κ2) is 27.5. The standard InChI is InChI=1S/C112H111BN4/c1-106(2,3)76-50-41-70(42-51-76)85-35-29-36-86(71-43-52-77(53-44-71)107(4,5)6)102(85)116-97-65-74(75-63-80(110(13,14)15)66-81(64-75)111(16,17)18)49-61-93(97)113-94-62-58-84(115-96-40-28-26-34-90(96)92-60-59-91-89-33-25-27-39-95(89)114(104(91)105(92)115)83-31-23-22-24-32-83)69-98(94)117(100-68-82(112(19,20)21)67-99(116)101(100)113)103-87(72-45-54-78(55-46-72)108(7,8)9)37-30-38-88(103)73-47-56-79(57-48-73)109(10,11)12/h22-69H,1-21H3. The molecular weight excluding hydrogens is 1410 g/mol. The third-order valence-electron chi connectivity index (χ3n) is 25.4. The summed E-state index contributed by atoms with van der Waals surface area (Å²) in [7, 11) is 0. The van der Waals surface area contributed by atoms with Crippen LogP contribution in [-0.4, -0.2) is 15.8 Å². The van der Waals surface area contributed by atoms with Gasteiger partial charge >= 0.3 is 0 Å². The highest BCUT2D eigenvalue weighted by atomic mass is 15.2. The average molecular weight is 1520 g/mol. The number of fused-ring (bicyclic) bond motifs is 11. The van der Waals surface area contributed by atoms with Crippen LogP contribution in [0.5, 0.6) is 0 Å². The summed E-state index contributed by atoms with van der Waals surface area (Å²) >= 11 is 0. The van der Waals surface area contributed by atoms with Gasteiger partial charge in [0.05, 0.1) is 33.4 Å². The van der Waals surface area contributed by atoms with E-state index < -0.39 is 0 Å². The first-order valence-electron chi connectivity index (χ1n) is 42.4. The molecule has 14 aromatic carbocycles. The Hall–Kier alpha value is -11.7. The summed E-state index contributed by atoms with van der Waals surface area (Å²) in [5.74, 6) is 0. The number of hydrogen-bond acceptors (Lipinski definition) is 2. The molecule has 0 aliphatic carbocycles. The van der Waals surface area contributed by atoms with E-state index in [4.69, 9.17) is 0 Å². The number of anilines is 6. The number of nitrogens with zero attached hydrogens (tertiary/aromatic N) is 4. The lowest BCUT2D eigenvalue weighted by molar-refractivity contribution is 0.569. The van der Waals surface area contributed by atoms with Gasteiger partial charge in [0.25, 0.3) is 6.71 Å². The Balaban J connectivity index is 1.02. The molecule has 117 heavy (non-hydrogen) atoms. The molecule has 4 heterocycles. The Morgan fingerprint density at radius 2 is 0.538 bits per heavy atom. The zero-order valence-electron chi connectivity index (χ0n) is 72.6. The molecule has 0 bridgehead atoms. The second-order valence-electron chi connectivity index (χ2n) is 40.7. The third kappa shape index (κ3) is 13.2. The minimum Gasteiger partial charge on any atom is -0.310 e. The highest BCUT2D eigenvalue weighted by molar-refractivity contribution is 7.00. The van der Waals surface area contributed by atoms with E-state index in [1.165, 1.54) is 121 Å². The Morgan fingerprint density at radius 3 is 0.915 bits per heavy atom. The van der Waals surface area contributed by atoms with Gasteiger partial charge in [0.2, 0.25) is 0 Å². The van der Waals surface area contributed by atoms with E-state index in [9.17, 15) is 0 Å². The minimum absolute atomic E-state index is 0.0499. The zero-order chi connectivity index (χ0) is 82.1. The van der Waals surface area contributed by atoms with Crippen LogP contribution in [0.25, 0.3) is 111 Å². The molecule has 2 aliphatic heterocycles. The molecule has 2 aliphatic rings. The highest BCUT2D eigenvalue weighted by Crippen LogP contribution is 2.56. The quantitative estimate of drug-likeness (QED) is 0.134. The predicted octanol–water partition coefficient (Wildman–Crippen LogP) is 29.4. The van der Waals surface area contributed by atoms with Crippen LogP contribution in [0, 0.1) is 0 Å². The normalized spacial score (nSPS) is 13.5. The van der Waals surface area contributed by atoms with Gasteiger partial charge in [0.15, 0.2) is 0 Å². The van der Waals surface area contributed by atoms with Crippen LogP contribution in [0.3, 0.4) is 0 Å². The van der Waals surface area contributed by atoms with Crippen molar-refractivity contribution in [1.82, 2.24) is 9.13 Å². The third-order valence-corrected chi connectivity index (χ3v) is 25.4. The summed E-state index contributed by atoms with van der Waals surface area (Å²) in [5, 5.41) is 4.85. The Labute approximate surface area is 695 Å². The monoisotopic (exact) mass is 1520 g/mol. The largest absolute Gasteiger partial charge is 0.310 e. The van der Waals surface area contributed by atoms with Crippen LogP contribution in [-0.2, 0) is 37.9 Å². The predicted molar refractivity (Wildman–Crippen MR) is 507 cm³/mol. The fourth-order valence-electron chi connectivity index (χ4n) is 18.6. The van der Waals surface area contributed by atoms with Crippen molar-refractivity contribution < 1.29 is 0 Å². The summed E-state index contributed by atoms with van der Waals surface area (Å²) < 4.78 is 5.13. The molecule has 0 N–H and O–H groups in total. The van der Waals surface area contributed by atoms with Gasteiger partial charge in [0.1, 0.15) is 0 Å². The molecule has 0 unspecified atom stereocenters. The van der Waals surface area contributed by atoms with Gasteiger partial charge in [-0.2, -0.15) is 0 Å². The van der Waals surface area contributed by atoms with Crippen molar-refractivity contribution in [2.24, 2.45) is 0 Å². The molecule has 18 rings (SSSR count). The van der Waals surface area contributed by atoms with Crippen molar-refractivity contribution in [3.63, 3.8) is 0 Å². The maximum Gasteiger partial charge on any atom is 0.252 e. The zero-order valence-corrected chi connectivity index (χ0v) is 72.6. The molecule has 0 fully saturated rings. The number of rotatable bonds is 9. The lowest BCUT2D eigenvalue weighted by Crippen LogP contribution is -2.61. The lowest BCUT2D eigenvalue weighted by Gasteiger charge is -2.46. The molecule has 0 spiro atoms. The molecule has 16 aromatic rings. The molecule has 0 radical (unpaired) electrons. The van der Waals surface area contributed by atoms with Crippen molar-refractivity contribution in [1.29, 1.82) is 0 Å². The second-order valence-corrected chi connectivity index (χ2v) is 40.7. The molecular formula is C112H111BN4. The molecule has 2 aromatic heterocycles. The van der Waals surface area contributed by atoms with Crippen molar-refractivity contribution in [2.75, 3.05) is 9.80 Å². The first kappa shape index (κ1) is 76.6. The van der Waals surface area contributed by atoms with Crippen LogP contribution < -0.4 is 26.2 Å². The summed E-state index contributed by atoms with van der Waals surface area (Å²) in [5.41, 5.74) is 37.4. The van der Waals surface area contributed by atoms with E-state index >= 15 is 0 Å². The maximum atomic E-state index is 2.76. The fraction of sp³-hybridized carbons (Fsp3) is 0.250. The summed E-state index contributed by atoms with van der Waals surface area (Å²) in [6.45, 7) is 49.1. The Kier molecular flexibility index (Phi) is 18.0. The van der Waals surface area contributed by atoms with E-state index in [-0.39, 0.29) is 44.6 Å². The lowest BCUT2D eigenvalue weighted by atomic mass is 9.33.